The fraction of sp³-hybridized carbons (Fsp3) is 0.316. The number of fused-ring (bicyclic) bond motifs is 1. The SMILES string of the molecule is Cc1c[nH]c2nc[nH+]c(N3CCC(N)(CNC(=O)c4ccccc4)C3)c12. The Morgan fingerprint density at radius 2 is 2.23 bits per heavy atom. The minimum atomic E-state index is -0.460. The molecule has 3 heterocycles. The molecule has 0 aliphatic carbocycles. The van der Waals surface area contributed by atoms with Gasteiger partial charge in [0.1, 0.15) is 5.39 Å². The summed E-state index contributed by atoms with van der Waals surface area (Å²) in [7, 11) is 0. The zero-order chi connectivity index (χ0) is 18.1. The van der Waals surface area contributed by atoms with E-state index in [1.165, 1.54) is 0 Å². The smallest absolute Gasteiger partial charge is 0.251 e. The number of aromatic amines is 2. The number of nitrogens with one attached hydrogen (secondary N) is 3. The van der Waals surface area contributed by atoms with E-state index in [-0.39, 0.29) is 5.91 Å². The second-order valence-electron chi connectivity index (χ2n) is 7.03. The lowest BCUT2D eigenvalue weighted by Crippen LogP contribution is -2.52. The average Bonchev–Trinajstić information content (AvgIpc) is 3.24. The van der Waals surface area contributed by atoms with Crippen LogP contribution in [0.25, 0.3) is 11.0 Å². The third-order valence-electron chi connectivity index (χ3n) is 5.03. The number of nitrogens with two attached hydrogens (primary N) is 1. The quantitative estimate of drug-likeness (QED) is 0.653. The number of rotatable bonds is 4. The van der Waals surface area contributed by atoms with Crippen molar-refractivity contribution in [3.63, 3.8) is 0 Å². The highest BCUT2D eigenvalue weighted by Crippen LogP contribution is 2.28. The van der Waals surface area contributed by atoms with Gasteiger partial charge in [-0.2, -0.15) is 0 Å². The molecule has 1 aromatic carbocycles. The number of aryl methyl sites for hydroxylation is 1. The zero-order valence-electron chi connectivity index (χ0n) is 14.7. The fourth-order valence-electron chi connectivity index (χ4n) is 3.57. The van der Waals surface area contributed by atoms with E-state index in [4.69, 9.17) is 5.73 Å². The first-order chi connectivity index (χ1) is 12.6. The molecule has 1 aliphatic heterocycles. The van der Waals surface area contributed by atoms with Crippen LogP contribution in [0.4, 0.5) is 5.82 Å². The van der Waals surface area contributed by atoms with Crippen LogP contribution in [0.15, 0.2) is 42.9 Å². The van der Waals surface area contributed by atoms with Crippen molar-refractivity contribution >= 4 is 22.8 Å². The van der Waals surface area contributed by atoms with E-state index in [1.54, 1.807) is 18.5 Å². The van der Waals surface area contributed by atoms with Gasteiger partial charge in [-0.25, -0.2) is 4.98 Å². The van der Waals surface area contributed by atoms with Crippen molar-refractivity contribution < 1.29 is 9.78 Å². The summed E-state index contributed by atoms with van der Waals surface area (Å²) < 4.78 is 0. The Balaban J connectivity index is 1.47. The summed E-state index contributed by atoms with van der Waals surface area (Å²) in [5.74, 6) is 0.934. The van der Waals surface area contributed by atoms with Gasteiger partial charge in [-0.05, 0) is 24.6 Å². The maximum absolute atomic E-state index is 12.3. The molecule has 4 rings (SSSR count). The number of H-pyrrole nitrogens is 2. The van der Waals surface area contributed by atoms with E-state index < -0.39 is 5.54 Å². The molecule has 0 saturated carbocycles. The topological polar surface area (TPSA) is 101 Å². The molecular weight excluding hydrogens is 328 g/mol. The standard InChI is InChI=1S/C19H22N6O/c1-13-9-21-16-15(13)17(24-12-23-16)25-8-7-19(20,11-25)10-22-18(26)14-5-3-2-4-6-14/h2-6,9,12H,7-8,10-11,20H2,1H3,(H,22,26)(H,21,23,24)/p+1. The number of anilines is 1. The Morgan fingerprint density at radius 1 is 1.42 bits per heavy atom. The van der Waals surface area contributed by atoms with Gasteiger partial charge in [-0.15, -0.1) is 0 Å². The number of hydrogen-bond acceptors (Lipinski definition) is 4. The minimum Gasteiger partial charge on any atom is -0.350 e. The third kappa shape index (κ3) is 3.01. The van der Waals surface area contributed by atoms with E-state index in [1.807, 2.05) is 24.4 Å². The average molecular weight is 351 g/mol. The van der Waals surface area contributed by atoms with Crippen molar-refractivity contribution in [2.45, 2.75) is 18.9 Å². The Bertz CT molecular complexity index is 938. The van der Waals surface area contributed by atoms with Crippen molar-refractivity contribution in [1.29, 1.82) is 0 Å². The first kappa shape index (κ1) is 16.5. The molecule has 5 N–H and O–H groups in total. The summed E-state index contributed by atoms with van der Waals surface area (Å²) >= 11 is 0. The first-order valence-corrected chi connectivity index (χ1v) is 8.77. The van der Waals surface area contributed by atoms with E-state index in [9.17, 15) is 4.79 Å². The van der Waals surface area contributed by atoms with E-state index in [0.29, 0.717) is 18.7 Å². The molecule has 0 radical (unpaired) electrons. The van der Waals surface area contributed by atoms with Crippen LogP contribution < -0.4 is 20.9 Å². The van der Waals surface area contributed by atoms with Gasteiger partial charge < -0.3 is 16.0 Å². The molecule has 0 bridgehead atoms. The van der Waals surface area contributed by atoms with Crippen LogP contribution in [0, 0.1) is 6.92 Å². The summed E-state index contributed by atoms with van der Waals surface area (Å²) in [5.41, 5.74) is 8.78. The van der Waals surface area contributed by atoms with Crippen LogP contribution in [-0.4, -0.2) is 41.0 Å². The van der Waals surface area contributed by atoms with Crippen molar-refractivity contribution in [3.8, 4) is 0 Å². The second kappa shape index (κ2) is 6.42. The van der Waals surface area contributed by atoms with Gasteiger partial charge >= 0.3 is 0 Å². The Kier molecular flexibility index (Phi) is 4.08. The van der Waals surface area contributed by atoms with Crippen LogP contribution >= 0.6 is 0 Å². The molecule has 1 amide bonds. The minimum absolute atomic E-state index is 0.0896. The maximum atomic E-state index is 12.3. The van der Waals surface area contributed by atoms with E-state index >= 15 is 0 Å². The number of benzene rings is 1. The van der Waals surface area contributed by atoms with Gasteiger partial charge in [-0.3, -0.25) is 9.69 Å². The maximum Gasteiger partial charge on any atom is 0.251 e. The third-order valence-corrected chi connectivity index (χ3v) is 5.03. The number of carbonyl (C=O) groups is 1. The molecule has 26 heavy (non-hydrogen) atoms. The molecule has 7 nitrogen and oxygen atoms in total. The summed E-state index contributed by atoms with van der Waals surface area (Å²) in [5, 5.41) is 4.07. The molecule has 1 aliphatic rings. The molecule has 1 atom stereocenters. The van der Waals surface area contributed by atoms with Crippen molar-refractivity contribution in [3.05, 3.63) is 54.0 Å². The van der Waals surface area contributed by atoms with Crippen LogP contribution in [0.2, 0.25) is 0 Å². The second-order valence-corrected chi connectivity index (χ2v) is 7.03. The lowest BCUT2D eigenvalue weighted by Gasteiger charge is -2.23. The highest BCUT2D eigenvalue weighted by Gasteiger charge is 2.39. The zero-order valence-corrected chi connectivity index (χ0v) is 14.7. The molecule has 0 spiro atoms. The van der Waals surface area contributed by atoms with Gasteiger partial charge in [0.2, 0.25) is 17.8 Å². The summed E-state index contributed by atoms with van der Waals surface area (Å²) in [6, 6.07) is 9.21. The Morgan fingerprint density at radius 3 is 3.04 bits per heavy atom. The number of hydrogen-bond donors (Lipinski definition) is 3. The van der Waals surface area contributed by atoms with Crippen molar-refractivity contribution in [2.75, 3.05) is 24.5 Å². The molecule has 7 heteroatoms. The van der Waals surface area contributed by atoms with Crippen molar-refractivity contribution in [1.82, 2.24) is 15.3 Å². The normalized spacial score (nSPS) is 19.8. The monoisotopic (exact) mass is 351 g/mol. The number of aromatic nitrogens is 3. The fourth-order valence-corrected chi connectivity index (χ4v) is 3.57. The van der Waals surface area contributed by atoms with Crippen LogP contribution in [0.3, 0.4) is 0 Å². The van der Waals surface area contributed by atoms with Gasteiger partial charge in [0, 0.05) is 24.7 Å². The van der Waals surface area contributed by atoms with Crippen molar-refractivity contribution in [2.24, 2.45) is 5.73 Å². The Labute approximate surface area is 151 Å². The van der Waals surface area contributed by atoms with E-state index in [2.05, 4.69) is 32.1 Å². The predicted molar refractivity (Wildman–Crippen MR) is 99.9 cm³/mol. The Hall–Kier alpha value is -2.93. The van der Waals surface area contributed by atoms with Crippen LogP contribution in [0.1, 0.15) is 22.3 Å². The highest BCUT2D eigenvalue weighted by atomic mass is 16.1. The van der Waals surface area contributed by atoms with Gasteiger partial charge in [0.15, 0.2) is 0 Å². The molecule has 1 saturated heterocycles. The first-order valence-electron chi connectivity index (χ1n) is 8.77. The molecule has 3 aromatic rings. The van der Waals surface area contributed by atoms with Crippen LogP contribution in [0.5, 0.6) is 0 Å². The van der Waals surface area contributed by atoms with Gasteiger partial charge in [0.05, 0.1) is 18.6 Å². The summed E-state index contributed by atoms with van der Waals surface area (Å²) in [6.07, 6.45) is 4.46. The number of carbonyl (C=O) groups excluding carboxylic acids is 1. The molecule has 1 unspecified atom stereocenters. The number of nitrogens with zero attached hydrogens (tertiary/aromatic N) is 2. The molecular formula is C19H23N6O+. The summed E-state index contributed by atoms with van der Waals surface area (Å²) in [4.78, 5) is 25.3. The van der Waals surface area contributed by atoms with E-state index in [0.717, 1.165) is 35.4 Å². The number of amides is 1. The summed E-state index contributed by atoms with van der Waals surface area (Å²) in [6.45, 7) is 4.00. The molecule has 2 aromatic heterocycles. The lowest BCUT2D eigenvalue weighted by molar-refractivity contribution is -0.366. The predicted octanol–water partition coefficient (Wildman–Crippen LogP) is 1.02. The molecule has 1 fully saturated rings. The van der Waals surface area contributed by atoms with Crippen LogP contribution in [-0.2, 0) is 0 Å². The van der Waals surface area contributed by atoms with Gasteiger partial charge in [-0.1, -0.05) is 23.2 Å². The lowest BCUT2D eigenvalue weighted by atomic mass is 10.00. The largest absolute Gasteiger partial charge is 0.350 e. The van der Waals surface area contributed by atoms with Gasteiger partial charge in [0.25, 0.3) is 5.91 Å². The highest BCUT2D eigenvalue weighted by molar-refractivity contribution is 5.94. The molecule has 134 valence electrons.